The summed E-state index contributed by atoms with van der Waals surface area (Å²) in [6.45, 7) is 1.66. The number of hydrogen-bond donors (Lipinski definition) is 2. The summed E-state index contributed by atoms with van der Waals surface area (Å²) in [5.74, 6) is -1.24. The van der Waals surface area contributed by atoms with E-state index >= 15 is 0 Å². The van der Waals surface area contributed by atoms with Gasteiger partial charge in [-0.05, 0) is 43.4 Å². The molecule has 1 aliphatic rings. The second kappa shape index (κ2) is 8.81. The quantitative estimate of drug-likeness (QED) is 0.823. The molecule has 1 fully saturated rings. The highest BCUT2D eigenvalue weighted by molar-refractivity contribution is 5.92. The van der Waals surface area contributed by atoms with Crippen LogP contribution in [0.15, 0.2) is 30.5 Å². The fraction of sp³-hybridized carbons (Fsp3) is 0.421. The van der Waals surface area contributed by atoms with Crippen molar-refractivity contribution in [1.29, 1.82) is 0 Å². The zero-order chi connectivity index (χ0) is 20.1. The Bertz CT molecular complexity index is 847. The molecule has 1 aliphatic heterocycles. The topological polar surface area (TPSA) is 79.3 Å². The second-order valence-corrected chi connectivity index (χ2v) is 6.87. The number of benzene rings is 1. The third-order valence-corrected chi connectivity index (χ3v) is 4.97. The van der Waals surface area contributed by atoms with Crippen LogP contribution in [-0.2, 0) is 7.05 Å². The van der Waals surface area contributed by atoms with Gasteiger partial charge in [-0.3, -0.25) is 9.48 Å². The molecule has 0 saturated carbocycles. The number of halogens is 2. The summed E-state index contributed by atoms with van der Waals surface area (Å²) >= 11 is 0. The molecule has 1 aromatic carbocycles. The molecule has 150 valence electrons. The lowest BCUT2D eigenvalue weighted by atomic mass is 9.93. The minimum absolute atomic E-state index is 0.0357. The van der Waals surface area contributed by atoms with E-state index in [1.54, 1.807) is 24.2 Å². The first kappa shape index (κ1) is 19.8. The molecular weight excluding hydrogens is 368 g/mol. The van der Waals surface area contributed by atoms with Gasteiger partial charge in [-0.2, -0.15) is 5.10 Å². The number of nitrogens with zero attached hydrogens (tertiary/aromatic N) is 3. The SMILES string of the molecule is Cn1nccc1C(=O)NCCC1CCN(C(=O)Nc2ccc(F)cc2F)CC1. The van der Waals surface area contributed by atoms with Gasteiger partial charge < -0.3 is 15.5 Å². The predicted molar refractivity (Wildman–Crippen MR) is 99.8 cm³/mol. The maximum atomic E-state index is 13.7. The molecular formula is C19H23F2N5O2. The molecule has 2 N–H and O–H groups in total. The molecule has 2 aromatic rings. The van der Waals surface area contributed by atoms with Gasteiger partial charge in [0.1, 0.15) is 17.3 Å². The van der Waals surface area contributed by atoms with Crippen molar-refractivity contribution in [2.45, 2.75) is 19.3 Å². The Morgan fingerprint density at radius 3 is 2.61 bits per heavy atom. The molecule has 3 rings (SSSR count). The number of nitrogens with one attached hydrogen (secondary N) is 2. The maximum absolute atomic E-state index is 13.7. The lowest BCUT2D eigenvalue weighted by Crippen LogP contribution is -2.41. The highest BCUT2D eigenvalue weighted by Gasteiger charge is 2.23. The van der Waals surface area contributed by atoms with Crippen LogP contribution in [0, 0.1) is 17.6 Å². The van der Waals surface area contributed by atoms with E-state index < -0.39 is 17.7 Å². The minimum atomic E-state index is -0.799. The third-order valence-electron chi connectivity index (χ3n) is 4.97. The van der Waals surface area contributed by atoms with Gasteiger partial charge in [-0.25, -0.2) is 13.6 Å². The molecule has 9 heteroatoms. The molecule has 7 nitrogen and oxygen atoms in total. The number of anilines is 1. The van der Waals surface area contributed by atoms with Gasteiger partial charge >= 0.3 is 6.03 Å². The zero-order valence-electron chi connectivity index (χ0n) is 15.6. The molecule has 28 heavy (non-hydrogen) atoms. The van der Waals surface area contributed by atoms with Crippen LogP contribution in [0.25, 0.3) is 0 Å². The normalized spacial score (nSPS) is 14.8. The molecule has 1 aromatic heterocycles. The zero-order valence-corrected chi connectivity index (χ0v) is 15.6. The summed E-state index contributed by atoms with van der Waals surface area (Å²) in [6.07, 6.45) is 4.01. The number of urea groups is 1. The fourth-order valence-electron chi connectivity index (χ4n) is 3.29. The van der Waals surface area contributed by atoms with Crippen LogP contribution >= 0.6 is 0 Å². The Hall–Kier alpha value is -2.97. The Labute approximate surface area is 161 Å². The number of aryl methyl sites for hydroxylation is 1. The van der Waals surface area contributed by atoms with Crippen molar-refractivity contribution in [3.8, 4) is 0 Å². The number of amides is 3. The van der Waals surface area contributed by atoms with E-state index in [0.717, 1.165) is 31.4 Å². The number of carbonyl (C=O) groups excluding carboxylic acids is 2. The number of aromatic nitrogens is 2. The number of rotatable bonds is 5. The van der Waals surface area contributed by atoms with E-state index in [0.29, 0.717) is 31.2 Å². The first-order chi connectivity index (χ1) is 13.4. The van der Waals surface area contributed by atoms with Crippen LogP contribution in [-0.4, -0.2) is 46.3 Å². The van der Waals surface area contributed by atoms with Crippen LogP contribution in [0.2, 0.25) is 0 Å². The smallest absolute Gasteiger partial charge is 0.321 e. The summed E-state index contributed by atoms with van der Waals surface area (Å²) in [6, 6.07) is 4.32. The third kappa shape index (κ3) is 4.85. The van der Waals surface area contributed by atoms with Crippen molar-refractivity contribution >= 4 is 17.6 Å². The van der Waals surface area contributed by atoms with Crippen molar-refractivity contribution in [2.24, 2.45) is 13.0 Å². The van der Waals surface area contributed by atoms with E-state index in [4.69, 9.17) is 0 Å². The summed E-state index contributed by atoms with van der Waals surface area (Å²) in [5, 5.41) is 9.34. The summed E-state index contributed by atoms with van der Waals surface area (Å²) in [7, 11) is 1.72. The summed E-state index contributed by atoms with van der Waals surface area (Å²) in [4.78, 5) is 25.9. The van der Waals surface area contributed by atoms with Crippen molar-refractivity contribution < 1.29 is 18.4 Å². The highest BCUT2D eigenvalue weighted by Crippen LogP contribution is 2.22. The predicted octanol–water partition coefficient (Wildman–Crippen LogP) is 2.76. The molecule has 0 bridgehead atoms. The first-order valence-electron chi connectivity index (χ1n) is 9.21. The van der Waals surface area contributed by atoms with E-state index in [2.05, 4.69) is 15.7 Å². The van der Waals surface area contributed by atoms with Gasteiger partial charge in [-0.1, -0.05) is 0 Å². The number of carbonyl (C=O) groups is 2. The molecule has 3 amide bonds. The van der Waals surface area contributed by atoms with E-state index in [1.165, 1.54) is 10.7 Å². The van der Waals surface area contributed by atoms with Crippen molar-refractivity contribution in [2.75, 3.05) is 25.0 Å². The van der Waals surface area contributed by atoms with Crippen LogP contribution in [0.5, 0.6) is 0 Å². The van der Waals surface area contributed by atoms with Crippen LogP contribution in [0.4, 0.5) is 19.3 Å². The van der Waals surface area contributed by atoms with Crippen LogP contribution < -0.4 is 10.6 Å². The molecule has 0 atom stereocenters. The Morgan fingerprint density at radius 1 is 1.21 bits per heavy atom. The van der Waals surface area contributed by atoms with Crippen LogP contribution in [0.3, 0.4) is 0 Å². The monoisotopic (exact) mass is 391 g/mol. The highest BCUT2D eigenvalue weighted by atomic mass is 19.1. The first-order valence-corrected chi connectivity index (χ1v) is 9.21. The fourth-order valence-corrected chi connectivity index (χ4v) is 3.29. The van der Waals surface area contributed by atoms with Gasteiger partial charge in [0.25, 0.3) is 5.91 Å². The van der Waals surface area contributed by atoms with Gasteiger partial charge in [0.15, 0.2) is 0 Å². The second-order valence-electron chi connectivity index (χ2n) is 6.87. The molecule has 0 radical (unpaired) electrons. The minimum Gasteiger partial charge on any atom is -0.351 e. The van der Waals surface area contributed by atoms with E-state index in [-0.39, 0.29) is 11.6 Å². The lowest BCUT2D eigenvalue weighted by molar-refractivity contribution is 0.0940. The molecule has 0 aliphatic carbocycles. The Balaban J connectivity index is 1.40. The van der Waals surface area contributed by atoms with Gasteiger partial charge in [0.2, 0.25) is 0 Å². The number of piperidine rings is 1. The molecule has 0 unspecified atom stereocenters. The average molecular weight is 391 g/mol. The molecule has 1 saturated heterocycles. The number of likely N-dealkylation sites (tertiary alicyclic amines) is 1. The van der Waals surface area contributed by atoms with Gasteiger partial charge in [-0.15, -0.1) is 0 Å². The Kier molecular flexibility index (Phi) is 6.23. The van der Waals surface area contributed by atoms with E-state index in [9.17, 15) is 18.4 Å². The van der Waals surface area contributed by atoms with Crippen molar-refractivity contribution in [3.05, 3.63) is 47.8 Å². The molecule has 2 heterocycles. The summed E-state index contributed by atoms with van der Waals surface area (Å²) in [5.41, 5.74) is 0.478. The summed E-state index contributed by atoms with van der Waals surface area (Å²) < 4.78 is 28.1. The van der Waals surface area contributed by atoms with Gasteiger partial charge in [0, 0.05) is 38.9 Å². The largest absolute Gasteiger partial charge is 0.351 e. The van der Waals surface area contributed by atoms with E-state index in [1.807, 2.05) is 0 Å². The standard InChI is InChI=1S/C19H23F2N5O2/c1-25-17(5-9-23-25)18(27)22-8-4-13-6-10-26(11-7-13)19(28)24-16-3-2-14(20)12-15(16)21/h2-3,5,9,12-13H,4,6-8,10-11H2,1H3,(H,22,27)(H,24,28). The van der Waals surface area contributed by atoms with Crippen molar-refractivity contribution in [3.63, 3.8) is 0 Å². The van der Waals surface area contributed by atoms with Crippen LogP contribution in [0.1, 0.15) is 29.8 Å². The number of hydrogen-bond acceptors (Lipinski definition) is 3. The van der Waals surface area contributed by atoms with Crippen molar-refractivity contribution in [1.82, 2.24) is 20.0 Å². The average Bonchev–Trinajstić information content (AvgIpc) is 3.10. The maximum Gasteiger partial charge on any atom is 0.321 e. The van der Waals surface area contributed by atoms with Gasteiger partial charge in [0.05, 0.1) is 5.69 Å². The Morgan fingerprint density at radius 2 is 1.96 bits per heavy atom. The lowest BCUT2D eigenvalue weighted by Gasteiger charge is -2.32. The molecule has 0 spiro atoms.